The second kappa shape index (κ2) is 10.6. The quantitative estimate of drug-likeness (QED) is 0.397. The highest BCUT2D eigenvalue weighted by atomic mass is 19.1. The second-order valence-corrected chi connectivity index (χ2v) is 7.08. The van der Waals surface area contributed by atoms with Gasteiger partial charge in [-0.15, -0.1) is 0 Å². The highest BCUT2D eigenvalue weighted by Crippen LogP contribution is 2.25. The first-order chi connectivity index (χ1) is 14.1. The van der Waals surface area contributed by atoms with Crippen molar-refractivity contribution >= 4 is 0 Å². The number of halogens is 1. The summed E-state index contributed by atoms with van der Waals surface area (Å²) in [5.74, 6) is 1.69. The predicted molar refractivity (Wildman–Crippen MR) is 113 cm³/mol. The summed E-state index contributed by atoms with van der Waals surface area (Å²) in [7, 11) is 0. The molecule has 1 atom stereocenters. The van der Waals surface area contributed by atoms with Crippen LogP contribution in [0.3, 0.4) is 0 Å². The van der Waals surface area contributed by atoms with Gasteiger partial charge in [0.2, 0.25) is 0 Å². The summed E-state index contributed by atoms with van der Waals surface area (Å²) in [4.78, 5) is 0. The largest absolute Gasteiger partial charge is 0.494 e. The van der Waals surface area contributed by atoms with Gasteiger partial charge in [0.15, 0.2) is 11.6 Å². The monoisotopic (exact) mass is 394 g/mol. The standard InChI is InChI=1S/C25H27FO3/c1-3-28-22-12-9-20(10-13-22)15-19(2)17-27-18-21-11-14-24(26)25(16-21)29-23-7-5-4-6-8-23/h4-14,16,19H,3,15,17-18H2,1-2H3. The smallest absolute Gasteiger partial charge is 0.165 e. The maximum atomic E-state index is 14.1. The Morgan fingerprint density at radius 1 is 0.862 bits per heavy atom. The summed E-state index contributed by atoms with van der Waals surface area (Å²) < 4.78 is 31.0. The molecule has 1 unspecified atom stereocenters. The Labute approximate surface area is 172 Å². The summed E-state index contributed by atoms with van der Waals surface area (Å²) in [5.41, 5.74) is 2.13. The van der Waals surface area contributed by atoms with Crippen LogP contribution in [0.5, 0.6) is 17.2 Å². The van der Waals surface area contributed by atoms with Gasteiger partial charge in [0.05, 0.1) is 13.2 Å². The zero-order valence-electron chi connectivity index (χ0n) is 16.9. The molecule has 152 valence electrons. The van der Waals surface area contributed by atoms with Gasteiger partial charge in [-0.2, -0.15) is 0 Å². The van der Waals surface area contributed by atoms with Crippen molar-refractivity contribution < 1.29 is 18.6 Å². The number of benzene rings is 3. The van der Waals surface area contributed by atoms with Crippen LogP contribution < -0.4 is 9.47 Å². The minimum Gasteiger partial charge on any atom is -0.494 e. The highest BCUT2D eigenvalue weighted by Gasteiger charge is 2.08. The normalized spacial score (nSPS) is 11.8. The van der Waals surface area contributed by atoms with E-state index in [2.05, 4.69) is 19.1 Å². The van der Waals surface area contributed by atoms with Gasteiger partial charge in [-0.3, -0.25) is 0 Å². The first kappa shape index (κ1) is 20.9. The molecular weight excluding hydrogens is 367 g/mol. The maximum absolute atomic E-state index is 14.1. The van der Waals surface area contributed by atoms with Crippen molar-refractivity contribution in [2.45, 2.75) is 26.9 Å². The first-order valence-corrected chi connectivity index (χ1v) is 9.95. The summed E-state index contributed by atoms with van der Waals surface area (Å²) in [6.45, 7) is 5.85. The fourth-order valence-electron chi connectivity index (χ4n) is 3.06. The SMILES string of the molecule is CCOc1ccc(CC(C)COCc2ccc(F)c(Oc3ccccc3)c2)cc1. The minimum absolute atomic E-state index is 0.208. The van der Waals surface area contributed by atoms with Gasteiger partial charge in [-0.25, -0.2) is 4.39 Å². The molecule has 0 aliphatic heterocycles. The van der Waals surface area contributed by atoms with Crippen LogP contribution in [0.15, 0.2) is 72.8 Å². The third-order valence-corrected chi connectivity index (χ3v) is 4.46. The Morgan fingerprint density at radius 3 is 2.31 bits per heavy atom. The van der Waals surface area contributed by atoms with Crippen molar-refractivity contribution in [1.82, 2.24) is 0 Å². The molecule has 3 nitrogen and oxygen atoms in total. The first-order valence-electron chi connectivity index (χ1n) is 9.95. The third-order valence-electron chi connectivity index (χ3n) is 4.46. The predicted octanol–water partition coefficient (Wildman–Crippen LogP) is 6.41. The fraction of sp³-hybridized carbons (Fsp3) is 0.280. The van der Waals surface area contributed by atoms with Gasteiger partial charge in [0.1, 0.15) is 11.5 Å². The Bertz CT molecular complexity index is 878. The summed E-state index contributed by atoms with van der Waals surface area (Å²) in [5, 5.41) is 0. The lowest BCUT2D eigenvalue weighted by atomic mass is 10.0. The lowest BCUT2D eigenvalue weighted by molar-refractivity contribution is 0.0920. The molecule has 0 aromatic heterocycles. The van der Waals surface area contributed by atoms with Crippen LogP contribution in [0.1, 0.15) is 25.0 Å². The van der Waals surface area contributed by atoms with Crippen molar-refractivity contribution in [1.29, 1.82) is 0 Å². The van der Waals surface area contributed by atoms with Gasteiger partial charge >= 0.3 is 0 Å². The molecule has 0 saturated carbocycles. The van der Waals surface area contributed by atoms with Gasteiger partial charge in [-0.05, 0) is 66.8 Å². The molecule has 0 fully saturated rings. The molecule has 3 aromatic rings. The highest BCUT2D eigenvalue weighted by molar-refractivity contribution is 5.35. The molecule has 0 radical (unpaired) electrons. The van der Waals surface area contributed by atoms with E-state index in [1.165, 1.54) is 11.6 Å². The molecule has 0 N–H and O–H groups in total. The number of rotatable bonds is 10. The van der Waals surface area contributed by atoms with Gasteiger partial charge in [0, 0.05) is 6.61 Å². The lowest BCUT2D eigenvalue weighted by Gasteiger charge is -2.13. The van der Waals surface area contributed by atoms with Gasteiger partial charge < -0.3 is 14.2 Å². The zero-order valence-corrected chi connectivity index (χ0v) is 16.9. The molecule has 3 rings (SSSR count). The number of hydrogen-bond donors (Lipinski definition) is 0. The van der Waals surface area contributed by atoms with E-state index in [0.29, 0.717) is 31.5 Å². The molecule has 0 heterocycles. The van der Waals surface area contributed by atoms with Crippen LogP contribution in [-0.4, -0.2) is 13.2 Å². The van der Waals surface area contributed by atoms with E-state index in [9.17, 15) is 4.39 Å². The Hall–Kier alpha value is -2.85. The van der Waals surface area contributed by atoms with Crippen LogP contribution in [0.25, 0.3) is 0 Å². The van der Waals surface area contributed by atoms with Crippen LogP contribution in [0.4, 0.5) is 4.39 Å². The van der Waals surface area contributed by atoms with E-state index in [0.717, 1.165) is 17.7 Å². The summed E-state index contributed by atoms with van der Waals surface area (Å²) in [6, 6.07) is 22.2. The topological polar surface area (TPSA) is 27.7 Å². The van der Waals surface area contributed by atoms with E-state index in [1.807, 2.05) is 37.3 Å². The number of para-hydroxylation sites is 1. The van der Waals surface area contributed by atoms with Crippen LogP contribution in [0.2, 0.25) is 0 Å². The van der Waals surface area contributed by atoms with Crippen molar-refractivity contribution in [2.24, 2.45) is 5.92 Å². The average Bonchev–Trinajstić information content (AvgIpc) is 2.73. The van der Waals surface area contributed by atoms with Crippen LogP contribution in [-0.2, 0) is 17.8 Å². The van der Waals surface area contributed by atoms with E-state index >= 15 is 0 Å². The third kappa shape index (κ3) is 6.61. The van der Waals surface area contributed by atoms with E-state index < -0.39 is 0 Å². The fourth-order valence-corrected chi connectivity index (χ4v) is 3.06. The molecule has 29 heavy (non-hydrogen) atoms. The zero-order chi connectivity index (χ0) is 20.5. The average molecular weight is 394 g/mol. The van der Waals surface area contributed by atoms with Crippen LogP contribution >= 0.6 is 0 Å². The molecule has 4 heteroatoms. The Kier molecular flexibility index (Phi) is 7.65. The molecule has 0 bridgehead atoms. The molecule has 0 spiro atoms. The molecule has 0 amide bonds. The van der Waals surface area contributed by atoms with Crippen molar-refractivity contribution in [3.8, 4) is 17.2 Å². The Balaban J connectivity index is 1.48. The molecule has 0 aliphatic rings. The van der Waals surface area contributed by atoms with Crippen molar-refractivity contribution in [3.05, 3.63) is 89.7 Å². The number of ether oxygens (including phenoxy) is 3. The minimum atomic E-state index is -0.388. The van der Waals surface area contributed by atoms with Crippen molar-refractivity contribution in [3.63, 3.8) is 0 Å². The molecular formula is C25H27FO3. The summed E-state index contributed by atoms with van der Waals surface area (Å²) in [6.07, 6.45) is 0.929. The summed E-state index contributed by atoms with van der Waals surface area (Å²) >= 11 is 0. The molecule has 0 saturated heterocycles. The number of hydrogen-bond acceptors (Lipinski definition) is 3. The van der Waals surface area contributed by atoms with E-state index in [-0.39, 0.29) is 11.6 Å². The van der Waals surface area contributed by atoms with E-state index in [4.69, 9.17) is 14.2 Å². The van der Waals surface area contributed by atoms with Crippen molar-refractivity contribution in [2.75, 3.05) is 13.2 Å². The van der Waals surface area contributed by atoms with Gasteiger partial charge in [0.25, 0.3) is 0 Å². The molecule has 3 aromatic carbocycles. The Morgan fingerprint density at radius 2 is 1.59 bits per heavy atom. The van der Waals surface area contributed by atoms with Crippen LogP contribution in [0, 0.1) is 11.7 Å². The molecule has 0 aliphatic carbocycles. The van der Waals surface area contributed by atoms with Gasteiger partial charge in [-0.1, -0.05) is 43.3 Å². The second-order valence-electron chi connectivity index (χ2n) is 7.08. The maximum Gasteiger partial charge on any atom is 0.165 e. The van der Waals surface area contributed by atoms with E-state index in [1.54, 1.807) is 24.3 Å². The lowest BCUT2D eigenvalue weighted by Crippen LogP contribution is -2.09.